The fraction of sp³-hybridized carbons (Fsp3) is 0.533. The first-order valence-electron chi connectivity index (χ1n) is 6.65. The summed E-state index contributed by atoms with van der Waals surface area (Å²) in [5.74, 6) is 0. The Morgan fingerprint density at radius 3 is 2.61 bits per heavy atom. The standard InChI is InChI=1S/C15H22N2S/c1-11-9-12(14(16)18)5-6-13(11)17-10-15(2)7-3-4-8-15/h5-6,9,17H,3-4,7-8,10H2,1-2H3,(H2,16,18). The fourth-order valence-electron chi connectivity index (χ4n) is 2.73. The number of nitrogens with two attached hydrogens (primary N) is 1. The third-order valence-corrected chi connectivity index (χ3v) is 4.26. The zero-order valence-electron chi connectivity index (χ0n) is 11.3. The van der Waals surface area contributed by atoms with Crippen molar-refractivity contribution < 1.29 is 0 Å². The number of thiocarbonyl (C=S) groups is 1. The summed E-state index contributed by atoms with van der Waals surface area (Å²) in [5, 5.41) is 3.58. The quantitative estimate of drug-likeness (QED) is 0.814. The zero-order valence-corrected chi connectivity index (χ0v) is 12.1. The first-order valence-corrected chi connectivity index (χ1v) is 7.05. The molecule has 1 fully saturated rings. The lowest BCUT2D eigenvalue weighted by Gasteiger charge is -2.25. The second kappa shape index (κ2) is 5.27. The van der Waals surface area contributed by atoms with E-state index in [-0.39, 0.29) is 0 Å². The molecule has 1 aromatic carbocycles. The van der Waals surface area contributed by atoms with Crippen molar-refractivity contribution in [2.24, 2.45) is 11.1 Å². The number of hydrogen-bond donors (Lipinski definition) is 2. The lowest BCUT2D eigenvalue weighted by Crippen LogP contribution is -2.23. The average Bonchev–Trinajstić information content (AvgIpc) is 2.75. The normalized spacial score (nSPS) is 17.7. The SMILES string of the molecule is Cc1cc(C(N)=S)ccc1NCC1(C)CCCC1. The van der Waals surface area contributed by atoms with Gasteiger partial charge in [-0.1, -0.05) is 32.0 Å². The molecule has 0 aliphatic heterocycles. The van der Waals surface area contributed by atoms with Crippen LogP contribution in [0.5, 0.6) is 0 Å². The van der Waals surface area contributed by atoms with Gasteiger partial charge in [0.15, 0.2) is 0 Å². The lowest BCUT2D eigenvalue weighted by atomic mass is 9.89. The largest absolute Gasteiger partial charge is 0.389 e. The minimum absolute atomic E-state index is 0.465. The van der Waals surface area contributed by atoms with Crippen LogP contribution in [0.15, 0.2) is 18.2 Å². The van der Waals surface area contributed by atoms with Crippen molar-refractivity contribution in [2.45, 2.75) is 39.5 Å². The molecule has 1 aliphatic rings. The van der Waals surface area contributed by atoms with E-state index in [1.54, 1.807) is 0 Å². The van der Waals surface area contributed by atoms with Gasteiger partial charge in [0.2, 0.25) is 0 Å². The highest BCUT2D eigenvalue weighted by Crippen LogP contribution is 2.37. The van der Waals surface area contributed by atoms with Gasteiger partial charge < -0.3 is 11.1 Å². The fourth-order valence-corrected chi connectivity index (χ4v) is 2.86. The summed E-state index contributed by atoms with van der Waals surface area (Å²) in [7, 11) is 0. The molecule has 0 spiro atoms. The number of nitrogens with one attached hydrogen (secondary N) is 1. The van der Waals surface area contributed by atoms with E-state index in [2.05, 4.69) is 31.3 Å². The number of anilines is 1. The van der Waals surface area contributed by atoms with Crippen molar-refractivity contribution in [1.82, 2.24) is 0 Å². The molecule has 98 valence electrons. The molecule has 1 saturated carbocycles. The van der Waals surface area contributed by atoms with Crippen molar-refractivity contribution in [3.63, 3.8) is 0 Å². The van der Waals surface area contributed by atoms with Gasteiger partial charge in [0, 0.05) is 17.8 Å². The summed E-state index contributed by atoms with van der Waals surface area (Å²) >= 11 is 4.99. The van der Waals surface area contributed by atoms with E-state index in [1.807, 2.05) is 6.07 Å². The topological polar surface area (TPSA) is 38.0 Å². The van der Waals surface area contributed by atoms with Gasteiger partial charge in [-0.15, -0.1) is 0 Å². The van der Waals surface area contributed by atoms with Gasteiger partial charge in [0.05, 0.1) is 0 Å². The van der Waals surface area contributed by atoms with E-state index < -0.39 is 0 Å². The summed E-state index contributed by atoms with van der Waals surface area (Å²) < 4.78 is 0. The van der Waals surface area contributed by atoms with Crippen LogP contribution in [-0.4, -0.2) is 11.5 Å². The molecule has 2 rings (SSSR count). The molecule has 18 heavy (non-hydrogen) atoms. The predicted molar refractivity (Wildman–Crippen MR) is 82.1 cm³/mol. The maximum atomic E-state index is 5.64. The Kier molecular flexibility index (Phi) is 3.91. The Bertz CT molecular complexity index is 448. The lowest BCUT2D eigenvalue weighted by molar-refractivity contribution is 0.362. The summed E-state index contributed by atoms with van der Waals surface area (Å²) in [6.45, 7) is 5.53. The number of rotatable bonds is 4. The van der Waals surface area contributed by atoms with E-state index in [0.717, 1.165) is 12.1 Å². The maximum Gasteiger partial charge on any atom is 0.103 e. The van der Waals surface area contributed by atoms with Crippen LogP contribution in [0.1, 0.15) is 43.7 Å². The van der Waals surface area contributed by atoms with Crippen molar-refractivity contribution >= 4 is 22.9 Å². The Balaban J connectivity index is 2.03. The third-order valence-electron chi connectivity index (χ3n) is 4.03. The number of benzene rings is 1. The van der Waals surface area contributed by atoms with Gasteiger partial charge >= 0.3 is 0 Å². The van der Waals surface area contributed by atoms with Crippen molar-refractivity contribution in [1.29, 1.82) is 0 Å². The van der Waals surface area contributed by atoms with E-state index in [0.29, 0.717) is 10.4 Å². The molecule has 1 aromatic rings. The van der Waals surface area contributed by atoms with E-state index in [1.165, 1.54) is 36.9 Å². The smallest absolute Gasteiger partial charge is 0.103 e. The van der Waals surface area contributed by atoms with Gasteiger partial charge in [-0.2, -0.15) is 0 Å². The molecule has 0 unspecified atom stereocenters. The molecule has 0 aromatic heterocycles. The summed E-state index contributed by atoms with van der Waals surface area (Å²) in [6, 6.07) is 6.14. The molecule has 0 atom stereocenters. The first kappa shape index (κ1) is 13.3. The molecule has 3 heteroatoms. The average molecular weight is 262 g/mol. The van der Waals surface area contributed by atoms with Gasteiger partial charge in [0.1, 0.15) is 4.99 Å². The zero-order chi connectivity index (χ0) is 13.2. The third kappa shape index (κ3) is 3.02. The maximum absolute atomic E-state index is 5.64. The van der Waals surface area contributed by atoms with E-state index in [9.17, 15) is 0 Å². The van der Waals surface area contributed by atoms with Crippen LogP contribution in [0.4, 0.5) is 5.69 Å². The van der Waals surface area contributed by atoms with Crippen LogP contribution in [0, 0.1) is 12.3 Å². The van der Waals surface area contributed by atoms with Gasteiger partial charge in [-0.05, 0) is 48.9 Å². The Hall–Kier alpha value is -1.09. The minimum Gasteiger partial charge on any atom is -0.389 e. The van der Waals surface area contributed by atoms with E-state index in [4.69, 9.17) is 18.0 Å². The van der Waals surface area contributed by atoms with Crippen LogP contribution in [0.2, 0.25) is 0 Å². The minimum atomic E-state index is 0.465. The molecule has 0 amide bonds. The summed E-state index contributed by atoms with van der Waals surface area (Å²) in [5.41, 5.74) is 9.46. The molecule has 2 nitrogen and oxygen atoms in total. The highest BCUT2D eigenvalue weighted by molar-refractivity contribution is 7.80. The molecule has 0 heterocycles. The van der Waals surface area contributed by atoms with E-state index >= 15 is 0 Å². The molecule has 0 saturated heterocycles. The Labute approximate surface area is 115 Å². The molecule has 0 bridgehead atoms. The van der Waals surface area contributed by atoms with Gasteiger partial charge in [-0.25, -0.2) is 0 Å². The number of hydrogen-bond acceptors (Lipinski definition) is 2. The molecular weight excluding hydrogens is 240 g/mol. The highest BCUT2D eigenvalue weighted by atomic mass is 32.1. The molecule has 1 aliphatic carbocycles. The van der Waals surface area contributed by atoms with Crippen LogP contribution < -0.4 is 11.1 Å². The summed E-state index contributed by atoms with van der Waals surface area (Å²) in [6.07, 6.45) is 5.42. The number of aryl methyl sites for hydroxylation is 1. The van der Waals surface area contributed by atoms with Crippen LogP contribution in [0.3, 0.4) is 0 Å². The molecular formula is C15H22N2S. The second-order valence-corrected chi connectivity index (χ2v) is 6.21. The van der Waals surface area contributed by atoms with Crippen LogP contribution in [-0.2, 0) is 0 Å². The van der Waals surface area contributed by atoms with Gasteiger partial charge in [0.25, 0.3) is 0 Å². The van der Waals surface area contributed by atoms with Crippen molar-refractivity contribution in [3.8, 4) is 0 Å². The predicted octanol–water partition coefficient (Wildman–Crippen LogP) is 3.62. The van der Waals surface area contributed by atoms with Crippen LogP contribution >= 0.6 is 12.2 Å². The first-order chi connectivity index (χ1) is 8.50. The second-order valence-electron chi connectivity index (χ2n) is 5.77. The van der Waals surface area contributed by atoms with Crippen molar-refractivity contribution in [3.05, 3.63) is 29.3 Å². The molecule has 3 N–H and O–H groups in total. The Morgan fingerprint density at radius 1 is 1.39 bits per heavy atom. The van der Waals surface area contributed by atoms with Gasteiger partial charge in [-0.3, -0.25) is 0 Å². The highest BCUT2D eigenvalue weighted by Gasteiger charge is 2.28. The monoisotopic (exact) mass is 262 g/mol. The summed E-state index contributed by atoms with van der Waals surface area (Å²) in [4.78, 5) is 0.465. The molecule has 0 radical (unpaired) electrons. The van der Waals surface area contributed by atoms with Crippen molar-refractivity contribution in [2.75, 3.05) is 11.9 Å². The van der Waals surface area contributed by atoms with Crippen LogP contribution in [0.25, 0.3) is 0 Å². The Morgan fingerprint density at radius 2 is 2.06 bits per heavy atom.